The number of alkyl halides is 1. The van der Waals surface area contributed by atoms with Gasteiger partial charge in [0, 0.05) is 23.2 Å². The molecule has 0 saturated carbocycles. The Morgan fingerprint density at radius 2 is 2.15 bits per heavy atom. The molecular weight excluding hydrogens is 341 g/mol. The van der Waals surface area contributed by atoms with E-state index in [1.54, 1.807) is 0 Å². The molecule has 0 spiro atoms. The molecule has 0 aromatic heterocycles. The van der Waals surface area contributed by atoms with Crippen LogP contribution in [0.2, 0.25) is 0 Å². The van der Waals surface area contributed by atoms with Crippen LogP contribution in [0.4, 0.5) is 0 Å². The zero-order valence-electron chi connectivity index (χ0n) is 11.5. The van der Waals surface area contributed by atoms with Gasteiger partial charge in [0.25, 0.3) is 0 Å². The molecule has 1 aliphatic heterocycles. The number of methoxy groups -OCH3 is 1. The second-order valence-electron chi connectivity index (χ2n) is 4.88. The number of halogens is 1. The summed E-state index contributed by atoms with van der Waals surface area (Å²) in [5.41, 5.74) is 0. The molecule has 20 heavy (non-hydrogen) atoms. The lowest BCUT2D eigenvalue weighted by Crippen LogP contribution is -2.34. The number of esters is 1. The fourth-order valence-corrected chi connectivity index (χ4v) is 6.50. The maximum absolute atomic E-state index is 13.6. The van der Waals surface area contributed by atoms with Crippen LogP contribution >= 0.6 is 23.2 Å². The number of hydrogen-bond acceptors (Lipinski definition) is 3. The van der Waals surface area contributed by atoms with Crippen molar-refractivity contribution in [2.75, 3.05) is 25.1 Å². The van der Waals surface area contributed by atoms with Gasteiger partial charge in [-0.2, -0.15) is 0 Å². The smallest absolute Gasteiger partial charge is 0.314 e. The summed E-state index contributed by atoms with van der Waals surface area (Å²) in [5.74, 6) is -0.419. The first kappa shape index (κ1) is 15.7. The van der Waals surface area contributed by atoms with Crippen LogP contribution in [0.5, 0.6) is 0 Å². The SMILES string of the molecule is COC(=O)C[P@@](=O)(c1ccccc1)N1CCC[C@@H]1CBr. The maximum Gasteiger partial charge on any atom is 0.314 e. The van der Waals surface area contributed by atoms with Gasteiger partial charge in [0.2, 0.25) is 0 Å². The second kappa shape index (κ2) is 6.88. The number of benzene rings is 1. The van der Waals surface area contributed by atoms with Gasteiger partial charge in [0.05, 0.1) is 7.11 Å². The van der Waals surface area contributed by atoms with E-state index in [9.17, 15) is 9.36 Å². The van der Waals surface area contributed by atoms with E-state index in [1.165, 1.54) is 7.11 Å². The van der Waals surface area contributed by atoms with E-state index in [0.717, 1.165) is 30.0 Å². The average molecular weight is 360 g/mol. The van der Waals surface area contributed by atoms with E-state index in [0.29, 0.717) is 0 Å². The number of nitrogens with zero attached hydrogens (tertiary/aromatic N) is 1. The highest BCUT2D eigenvalue weighted by atomic mass is 79.9. The lowest BCUT2D eigenvalue weighted by Gasteiger charge is -2.32. The van der Waals surface area contributed by atoms with E-state index >= 15 is 0 Å². The van der Waals surface area contributed by atoms with Crippen LogP contribution in [0.25, 0.3) is 0 Å². The van der Waals surface area contributed by atoms with Crippen LogP contribution in [-0.4, -0.2) is 41.8 Å². The van der Waals surface area contributed by atoms with Crippen LogP contribution < -0.4 is 5.30 Å². The van der Waals surface area contributed by atoms with Crippen LogP contribution in [0.1, 0.15) is 12.8 Å². The Morgan fingerprint density at radius 1 is 1.45 bits per heavy atom. The van der Waals surface area contributed by atoms with Crippen LogP contribution in [0.3, 0.4) is 0 Å². The molecule has 0 N–H and O–H groups in total. The van der Waals surface area contributed by atoms with E-state index in [-0.39, 0.29) is 12.2 Å². The molecular formula is C14H19BrNO3P. The highest BCUT2D eigenvalue weighted by Crippen LogP contribution is 2.52. The third kappa shape index (κ3) is 3.16. The highest BCUT2D eigenvalue weighted by molar-refractivity contribution is 9.09. The highest BCUT2D eigenvalue weighted by Gasteiger charge is 2.41. The van der Waals surface area contributed by atoms with Gasteiger partial charge in [-0.25, -0.2) is 4.67 Å². The third-order valence-electron chi connectivity index (χ3n) is 3.67. The molecule has 0 radical (unpaired) electrons. The topological polar surface area (TPSA) is 46.6 Å². The Balaban J connectivity index is 2.39. The largest absolute Gasteiger partial charge is 0.469 e. The molecule has 1 aliphatic rings. The first-order valence-corrected chi connectivity index (χ1v) is 9.63. The first-order valence-electron chi connectivity index (χ1n) is 6.66. The Kier molecular flexibility index (Phi) is 5.42. The quantitative estimate of drug-likeness (QED) is 0.460. The van der Waals surface area contributed by atoms with Crippen molar-refractivity contribution >= 4 is 34.5 Å². The number of ether oxygens (including phenoxy) is 1. The van der Waals surface area contributed by atoms with Crippen molar-refractivity contribution < 1.29 is 14.1 Å². The van der Waals surface area contributed by atoms with Crippen molar-refractivity contribution in [1.29, 1.82) is 0 Å². The summed E-state index contributed by atoms with van der Waals surface area (Å²) in [6.07, 6.45) is 1.95. The Morgan fingerprint density at radius 3 is 2.75 bits per heavy atom. The van der Waals surface area contributed by atoms with Gasteiger partial charge in [-0.1, -0.05) is 46.3 Å². The van der Waals surface area contributed by atoms with Crippen molar-refractivity contribution in [2.24, 2.45) is 0 Å². The standard InChI is InChI=1S/C14H19BrNO3P/c1-19-14(17)11-20(18,13-7-3-2-4-8-13)16-9-5-6-12(16)10-15/h2-4,7-8,12H,5-6,9-11H2,1H3/t12-,20-/m1/s1. The van der Waals surface area contributed by atoms with E-state index in [2.05, 4.69) is 15.9 Å². The number of hydrogen-bond donors (Lipinski definition) is 0. The van der Waals surface area contributed by atoms with Crippen molar-refractivity contribution in [3.8, 4) is 0 Å². The third-order valence-corrected chi connectivity index (χ3v) is 7.57. The Bertz CT molecular complexity index is 508. The molecule has 1 heterocycles. The minimum absolute atomic E-state index is 0.0585. The molecule has 1 aromatic rings. The zero-order valence-corrected chi connectivity index (χ0v) is 14.0. The van der Waals surface area contributed by atoms with Gasteiger partial charge >= 0.3 is 5.97 Å². The van der Waals surface area contributed by atoms with Crippen LogP contribution in [-0.2, 0) is 14.1 Å². The molecule has 1 aromatic carbocycles. The maximum atomic E-state index is 13.6. The fraction of sp³-hybridized carbons (Fsp3) is 0.500. The number of carbonyl (C=O) groups excluding carboxylic acids is 1. The lowest BCUT2D eigenvalue weighted by molar-refractivity contribution is -0.137. The predicted molar refractivity (Wildman–Crippen MR) is 84.1 cm³/mol. The molecule has 1 fully saturated rings. The molecule has 4 nitrogen and oxygen atoms in total. The van der Waals surface area contributed by atoms with Gasteiger partial charge < -0.3 is 9.30 Å². The van der Waals surface area contributed by atoms with Crippen LogP contribution in [0, 0.1) is 0 Å². The van der Waals surface area contributed by atoms with Gasteiger partial charge in [-0.15, -0.1) is 0 Å². The van der Waals surface area contributed by atoms with Gasteiger partial charge in [0.1, 0.15) is 6.16 Å². The van der Waals surface area contributed by atoms with Crippen LogP contribution in [0.15, 0.2) is 30.3 Å². The fourth-order valence-electron chi connectivity index (χ4n) is 2.63. The summed E-state index contributed by atoms with van der Waals surface area (Å²) in [7, 11) is -1.60. The predicted octanol–water partition coefficient (Wildman–Crippen LogP) is 2.62. The van der Waals surface area contributed by atoms with E-state index < -0.39 is 13.3 Å². The monoisotopic (exact) mass is 359 g/mol. The minimum atomic E-state index is -2.94. The Labute approximate surface area is 128 Å². The molecule has 0 aliphatic carbocycles. The summed E-state index contributed by atoms with van der Waals surface area (Å²) in [4.78, 5) is 11.7. The molecule has 6 heteroatoms. The average Bonchev–Trinajstić information content (AvgIpc) is 2.97. The minimum Gasteiger partial charge on any atom is -0.469 e. The summed E-state index contributed by atoms with van der Waals surface area (Å²) >= 11 is 3.49. The second-order valence-corrected chi connectivity index (χ2v) is 8.28. The van der Waals surface area contributed by atoms with Crippen molar-refractivity contribution in [2.45, 2.75) is 18.9 Å². The lowest BCUT2D eigenvalue weighted by atomic mass is 10.3. The van der Waals surface area contributed by atoms with Gasteiger partial charge in [-0.3, -0.25) is 4.79 Å². The molecule has 0 unspecified atom stereocenters. The van der Waals surface area contributed by atoms with E-state index in [1.807, 2.05) is 35.0 Å². The molecule has 0 amide bonds. The van der Waals surface area contributed by atoms with Gasteiger partial charge in [0.15, 0.2) is 7.29 Å². The van der Waals surface area contributed by atoms with Gasteiger partial charge in [-0.05, 0) is 12.8 Å². The molecule has 1 saturated heterocycles. The Hall–Kier alpha value is -0.640. The summed E-state index contributed by atoms with van der Waals surface area (Å²) < 4.78 is 20.3. The molecule has 0 bridgehead atoms. The normalized spacial score (nSPS) is 22.4. The van der Waals surface area contributed by atoms with E-state index in [4.69, 9.17) is 4.74 Å². The molecule has 110 valence electrons. The van der Waals surface area contributed by atoms with Crippen molar-refractivity contribution in [3.63, 3.8) is 0 Å². The van der Waals surface area contributed by atoms with Crippen molar-refractivity contribution in [1.82, 2.24) is 4.67 Å². The molecule has 2 rings (SSSR count). The summed E-state index contributed by atoms with van der Waals surface area (Å²) in [5, 5.41) is 1.50. The summed E-state index contributed by atoms with van der Waals surface area (Å²) in [6.45, 7) is 0.763. The molecule has 2 atom stereocenters. The first-order chi connectivity index (χ1) is 9.61. The zero-order chi connectivity index (χ0) is 14.6. The summed E-state index contributed by atoms with van der Waals surface area (Å²) in [6, 6.07) is 9.50. The number of rotatable bonds is 5. The van der Waals surface area contributed by atoms with Crippen molar-refractivity contribution in [3.05, 3.63) is 30.3 Å². The number of carbonyl (C=O) groups is 1.